The van der Waals surface area contributed by atoms with Crippen molar-refractivity contribution in [3.8, 4) is 51.0 Å². The molecule has 5 nitrogen and oxygen atoms in total. The van der Waals surface area contributed by atoms with Gasteiger partial charge in [-0.3, -0.25) is 4.57 Å². The van der Waals surface area contributed by atoms with Gasteiger partial charge in [0.1, 0.15) is 11.2 Å². The zero-order chi connectivity index (χ0) is 43.0. The highest BCUT2D eigenvalue weighted by molar-refractivity contribution is 6.33. The molecule has 0 atom stereocenters. The van der Waals surface area contributed by atoms with Crippen LogP contribution in [0.5, 0.6) is 0 Å². The van der Waals surface area contributed by atoms with Crippen LogP contribution < -0.4 is 0 Å². The smallest absolute Gasteiger partial charge is 0.238 e. The van der Waals surface area contributed by atoms with Gasteiger partial charge in [-0.25, -0.2) is 4.98 Å². The molecule has 14 rings (SSSR count). The van der Waals surface area contributed by atoms with Crippen LogP contribution in [0.1, 0.15) is 25.0 Å². The van der Waals surface area contributed by atoms with E-state index in [1.165, 1.54) is 49.4 Å². The van der Waals surface area contributed by atoms with E-state index in [0.29, 0.717) is 17.6 Å². The summed E-state index contributed by atoms with van der Waals surface area (Å²) in [4.78, 5) is 16.4. The first-order chi connectivity index (χ1) is 32.0. The third-order valence-corrected chi connectivity index (χ3v) is 14.0. The van der Waals surface area contributed by atoms with Crippen molar-refractivity contribution < 1.29 is 4.42 Å². The third kappa shape index (κ3) is 5.12. The number of hydrogen-bond donors (Lipinski definition) is 0. The summed E-state index contributed by atoms with van der Waals surface area (Å²) in [6.45, 7) is 4.70. The Hall–Kier alpha value is -8.41. The Balaban J connectivity index is 1.14. The first-order valence-electron chi connectivity index (χ1n) is 22.3. The molecule has 0 saturated heterocycles. The van der Waals surface area contributed by atoms with Gasteiger partial charge in [-0.2, -0.15) is 9.97 Å². The molecule has 5 heteroatoms. The summed E-state index contributed by atoms with van der Waals surface area (Å²) >= 11 is 0. The maximum atomic E-state index is 6.45. The van der Waals surface area contributed by atoms with Crippen molar-refractivity contribution in [1.82, 2.24) is 19.5 Å². The summed E-state index contributed by atoms with van der Waals surface area (Å²) < 4.78 is 8.79. The fraction of sp³-hybridized carbons (Fsp3) is 0.0500. The summed E-state index contributed by atoms with van der Waals surface area (Å²) in [5, 5.41) is 11.4. The minimum Gasteiger partial charge on any atom is -0.456 e. The lowest BCUT2D eigenvalue weighted by molar-refractivity contribution is 0.660. The molecule has 10 aromatic carbocycles. The number of hydrogen-bond acceptors (Lipinski definition) is 4. The zero-order valence-corrected chi connectivity index (χ0v) is 35.7. The number of furan rings is 1. The van der Waals surface area contributed by atoms with Gasteiger partial charge in [0, 0.05) is 49.0 Å². The molecule has 0 unspecified atom stereocenters. The van der Waals surface area contributed by atoms with E-state index >= 15 is 0 Å². The topological polar surface area (TPSA) is 56.7 Å². The maximum absolute atomic E-state index is 6.45. The number of para-hydroxylation sites is 2. The molecule has 1 aliphatic carbocycles. The van der Waals surface area contributed by atoms with Gasteiger partial charge in [-0.05, 0) is 79.0 Å². The van der Waals surface area contributed by atoms with Crippen molar-refractivity contribution >= 4 is 76.1 Å². The average molecular weight is 831 g/mol. The van der Waals surface area contributed by atoms with Crippen molar-refractivity contribution in [3.05, 3.63) is 205 Å². The van der Waals surface area contributed by atoms with Gasteiger partial charge >= 0.3 is 0 Å². The summed E-state index contributed by atoms with van der Waals surface area (Å²) in [6.07, 6.45) is 0. The molecule has 0 amide bonds. The summed E-state index contributed by atoms with van der Waals surface area (Å²) in [5.41, 5.74) is 12.9. The average Bonchev–Trinajstić information content (AvgIpc) is 3.99. The van der Waals surface area contributed by atoms with Crippen LogP contribution >= 0.6 is 0 Å². The maximum Gasteiger partial charge on any atom is 0.238 e. The molecule has 0 N–H and O–H groups in total. The van der Waals surface area contributed by atoms with Gasteiger partial charge in [0.15, 0.2) is 11.6 Å². The standard InChI is InChI=1S/C60H38N4O/c1-60(2)49-26-11-9-22-47(49)53-44(23-14-27-50(53)60)46-24-13-25-48-54-43-20-7-5-17-39(43)40-18-6-8-21-45(40)56(54)64(55(46)48)59-62-57(37-30-29-35-15-3-4-16-36(35)33-37)61-58(63-59)38-31-32-42-41-19-10-12-28-51(41)65-52(42)34-38/h3-34H,1-2H3. The Morgan fingerprint density at radius 3 is 1.83 bits per heavy atom. The SMILES string of the molecule is CC1(C)c2ccccc2-c2c(-c3cccc4c5c6ccccc6c6ccccc6c5n(-c5nc(-c6ccc7ccccc7c6)nc(-c6ccc7c(c6)oc6ccccc67)n5)c34)cccc21. The largest absolute Gasteiger partial charge is 0.456 e. The van der Waals surface area contributed by atoms with E-state index in [2.05, 4.69) is 200 Å². The van der Waals surface area contributed by atoms with E-state index in [0.717, 1.165) is 71.2 Å². The second kappa shape index (κ2) is 13.3. The Morgan fingerprint density at radius 1 is 0.400 bits per heavy atom. The predicted octanol–water partition coefficient (Wildman–Crippen LogP) is 15.6. The normalized spacial score (nSPS) is 13.2. The molecule has 3 aromatic heterocycles. The van der Waals surface area contributed by atoms with Crippen LogP contribution in [0, 0.1) is 0 Å². The quantitative estimate of drug-likeness (QED) is 0.166. The Bertz CT molecular complexity index is 4170. The molecule has 304 valence electrons. The van der Waals surface area contributed by atoms with Crippen LogP contribution in [-0.2, 0) is 5.41 Å². The Morgan fingerprint density at radius 2 is 0.985 bits per heavy atom. The summed E-state index contributed by atoms with van der Waals surface area (Å²) in [6, 6.07) is 69.5. The van der Waals surface area contributed by atoms with Crippen molar-refractivity contribution in [2.75, 3.05) is 0 Å². The number of benzene rings is 10. The number of rotatable bonds is 4. The Labute approximate surface area is 373 Å². The molecule has 1 aliphatic rings. The number of fused-ring (bicyclic) bond motifs is 15. The molecule has 0 saturated carbocycles. The first-order valence-corrected chi connectivity index (χ1v) is 22.3. The van der Waals surface area contributed by atoms with Crippen LogP contribution in [0.15, 0.2) is 199 Å². The lowest BCUT2D eigenvalue weighted by Gasteiger charge is -2.21. The van der Waals surface area contributed by atoms with Gasteiger partial charge < -0.3 is 4.42 Å². The van der Waals surface area contributed by atoms with Gasteiger partial charge in [-0.1, -0.05) is 184 Å². The van der Waals surface area contributed by atoms with Crippen molar-refractivity contribution in [3.63, 3.8) is 0 Å². The predicted molar refractivity (Wildman–Crippen MR) is 268 cm³/mol. The molecule has 0 bridgehead atoms. The second-order valence-corrected chi connectivity index (χ2v) is 17.9. The van der Waals surface area contributed by atoms with Crippen molar-refractivity contribution in [1.29, 1.82) is 0 Å². The lowest BCUT2D eigenvalue weighted by Crippen LogP contribution is -2.14. The van der Waals surface area contributed by atoms with Gasteiger partial charge in [0.05, 0.1) is 11.0 Å². The molecule has 0 fully saturated rings. The number of aromatic nitrogens is 4. The number of nitrogens with zero attached hydrogens (tertiary/aromatic N) is 4. The first kappa shape index (κ1) is 36.1. The minimum atomic E-state index is -0.159. The van der Waals surface area contributed by atoms with Crippen molar-refractivity contribution in [2.45, 2.75) is 19.3 Å². The van der Waals surface area contributed by atoms with E-state index in [9.17, 15) is 0 Å². The Kier molecular flexibility index (Phi) is 7.39. The monoisotopic (exact) mass is 830 g/mol. The van der Waals surface area contributed by atoms with Crippen molar-refractivity contribution in [2.24, 2.45) is 0 Å². The molecule has 0 spiro atoms. The van der Waals surface area contributed by atoms with Crippen LogP contribution in [0.25, 0.3) is 127 Å². The highest BCUT2D eigenvalue weighted by Crippen LogP contribution is 2.54. The molecule has 0 radical (unpaired) electrons. The van der Waals surface area contributed by atoms with Gasteiger partial charge in [0.2, 0.25) is 5.95 Å². The molecule has 13 aromatic rings. The van der Waals surface area contributed by atoms with E-state index in [1.54, 1.807) is 0 Å². The third-order valence-electron chi connectivity index (χ3n) is 14.0. The molecular formula is C60H38N4O. The minimum absolute atomic E-state index is 0.159. The summed E-state index contributed by atoms with van der Waals surface area (Å²) in [5.74, 6) is 1.70. The molecule has 65 heavy (non-hydrogen) atoms. The van der Waals surface area contributed by atoms with E-state index in [4.69, 9.17) is 19.4 Å². The molecule has 0 aliphatic heterocycles. The van der Waals surface area contributed by atoms with Crippen LogP contribution in [0.3, 0.4) is 0 Å². The lowest BCUT2D eigenvalue weighted by atomic mass is 9.82. The van der Waals surface area contributed by atoms with Crippen LogP contribution in [0.4, 0.5) is 0 Å². The van der Waals surface area contributed by atoms with Crippen LogP contribution in [-0.4, -0.2) is 19.5 Å². The zero-order valence-electron chi connectivity index (χ0n) is 35.7. The van der Waals surface area contributed by atoms with Gasteiger partial charge in [-0.15, -0.1) is 0 Å². The fourth-order valence-electron chi connectivity index (χ4n) is 11.0. The molecular weight excluding hydrogens is 793 g/mol. The van der Waals surface area contributed by atoms with Crippen LogP contribution in [0.2, 0.25) is 0 Å². The van der Waals surface area contributed by atoms with E-state index in [-0.39, 0.29) is 5.41 Å². The van der Waals surface area contributed by atoms with Gasteiger partial charge in [0.25, 0.3) is 0 Å². The fourth-order valence-corrected chi connectivity index (χ4v) is 11.0. The van der Waals surface area contributed by atoms with E-state index < -0.39 is 0 Å². The highest BCUT2D eigenvalue weighted by Gasteiger charge is 2.37. The highest BCUT2D eigenvalue weighted by atomic mass is 16.3. The van der Waals surface area contributed by atoms with E-state index in [1.807, 2.05) is 12.1 Å². The second-order valence-electron chi connectivity index (χ2n) is 17.9. The summed E-state index contributed by atoms with van der Waals surface area (Å²) in [7, 11) is 0. The molecule has 3 heterocycles.